The second-order valence-corrected chi connectivity index (χ2v) is 6.87. The summed E-state index contributed by atoms with van der Waals surface area (Å²) in [5.41, 5.74) is 4.82. The van der Waals surface area contributed by atoms with Crippen molar-refractivity contribution < 1.29 is 4.79 Å². The van der Waals surface area contributed by atoms with Crippen LogP contribution in [0.25, 0.3) is 6.08 Å². The zero-order valence-electron chi connectivity index (χ0n) is 15.6. The molecule has 0 radical (unpaired) electrons. The first kappa shape index (κ1) is 20.6. The van der Waals surface area contributed by atoms with Gasteiger partial charge in [0.1, 0.15) is 0 Å². The maximum Gasteiger partial charge on any atom is 0.254 e. The molecule has 0 unspecified atom stereocenters. The van der Waals surface area contributed by atoms with Crippen molar-refractivity contribution in [1.82, 2.24) is 15.4 Å². The van der Waals surface area contributed by atoms with E-state index in [4.69, 9.17) is 0 Å². The van der Waals surface area contributed by atoms with Gasteiger partial charge in [-0.15, -0.1) is 0 Å². The van der Waals surface area contributed by atoms with Crippen molar-refractivity contribution in [2.45, 2.75) is 38.3 Å². The van der Waals surface area contributed by atoms with Crippen LogP contribution < -0.4 is 11.0 Å². The molecule has 0 aliphatic carbocycles. The highest BCUT2D eigenvalue weighted by atomic mass is 32.2. The van der Waals surface area contributed by atoms with Crippen LogP contribution in [0.2, 0.25) is 0 Å². The molecule has 0 saturated heterocycles. The molecule has 27 heavy (non-hydrogen) atoms. The molecular weight excluding hydrogens is 360 g/mol. The number of nitrogens with one attached hydrogen (secondary N) is 2. The van der Waals surface area contributed by atoms with E-state index in [1.54, 1.807) is 6.08 Å². The van der Waals surface area contributed by atoms with Crippen molar-refractivity contribution in [1.29, 1.82) is 0 Å². The van der Waals surface area contributed by atoms with E-state index in [1.807, 2.05) is 43.3 Å². The summed E-state index contributed by atoms with van der Waals surface area (Å²) in [6, 6.07) is 9.80. The Morgan fingerprint density at radius 1 is 1.33 bits per heavy atom. The van der Waals surface area contributed by atoms with Gasteiger partial charge in [-0.2, -0.15) is 5.10 Å². The predicted molar refractivity (Wildman–Crippen MR) is 111 cm³/mol. The largest absolute Gasteiger partial charge is 0.301 e. The molecule has 142 valence electrons. The second-order valence-electron chi connectivity index (χ2n) is 5.91. The number of nitrogens with zero attached hydrogens (tertiary/aromatic N) is 2. The summed E-state index contributed by atoms with van der Waals surface area (Å²) < 4.78 is 0. The Balaban J connectivity index is 1.80. The van der Waals surface area contributed by atoms with Crippen molar-refractivity contribution in [2.24, 2.45) is 5.10 Å². The lowest BCUT2D eigenvalue weighted by Crippen LogP contribution is -2.21. The molecule has 0 aliphatic rings. The van der Waals surface area contributed by atoms with Gasteiger partial charge in [0.2, 0.25) is 0 Å². The summed E-state index contributed by atoms with van der Waals surface area (Å²) in [5, 5.41) is 4.31. The number of allylic oxidation sites excluding steroid dienone is 1. The van der Waals surface area contributed by atoms with Crippen LogP contribution in [0.5, 0.6) is 0 Å². The van der Waals surface area contributed by atoms with Gasteiger partial charge in [-0.1, -0.05) is 61.5 Å². The molecule has 6 nitrogen and oxygen atoms in total. The van der Waals surface area contributed by atoms with Crippen molar-refractivity contribution in [2.75, 3.05) is 5.75 Å². The lowest BCUT2D eigenvalue weighted by atomic mass is 10.1. The first-order chi connectivity index (χ1) is 13.1. The second kappa shape index (κ2) is 11.1. The number of hydrazone groups is 1. The maximum absolute atomic E-state index is 12.1. The molecule has 0 fully saturated rings. The fourth-order valence-electron chi connectivity index (χ4n) is 2.34. The Kier molecular flexibility index (Phi) is 8.51. The van der Waals surface area contributed by atoms with Crippen molar-refractivity contribution in [3.05, 3.63) is 63.6 Å². The average Bonchev–Trinajstić information content (AvgIpc) is 2.66. The standard InChI is InChI=1S/C20H24N4O2S/c1-3-4-12-17-15(2)22-20(23-19(17)26)27-14-18(25)24-21-13-8-11-16-9-6-5-7-10-16/h5-11,13H,3-4,12,14H2,1-2H3,(H,24,25)(H,22,23,26)/b11-8+,21-13+. The lowest BCUT2D eigenvalue weighted by Gasteiger charge is -2.06. The third-order valence-electron chi connectivity index (χ3n) is 3.76. The zero-order chi connectivity index (χ0) is 19.5. The maximum atomic E-state index is 12.1. The molecule has 2 N–H and O–H groups in total. The van der Waals surface area contributed by atoms with Gasteiger partial charge in [0.25, 0.3) is 11.5 Å². The molecule has 0 spiro atoms. The normalized spacial score (nSPS) is 11.3. The van der Waals surface area contributed by atoms with E-state index in [2.05, 4.69) is 27.4 Å². The number of H-pyrrole nitrogens is 1. The minimum absolute atomic E-state index is 0.121. The van der Waals surface area contributed by atoms with Crippen LogP contribution >= 0.6 is 11.8 Å². The van der Waals surface area contributed by atoms with E-state index in [0.29, 0.717) is 5.16 Å². The molecule has 0 aliphatic heterocycles. The Morgan fingerprint density at radius 2 is 2.11 bits per heavy atom. The number of aromatic amines is 1. The molecule has 2 rings (SSSR count). The summed E-state index contributed by atoms with van der Waals surface area (Å²) in [6.07, 6.45) is 7.86. The van der Waals surface area contributed by atoms with E-state index >= 15 is 0 Å². The Morgan fingerprint density at radius 3 is 2.81 bits per heavy atom. The van der Waals surface area contributed by atoms with Gasteiger partial charge in [-0.25, -0.2) is 10.4 Å². The summed E-state index contributed by atoms with van der Waals surface area (Å²) in [5.74, 6) is -0.143. The smallest absolute Gasteiger partial charge is 0.254 e. The molecule has 0 saturated carbocycles. The summed E-state index contributed by atoms with van der Waals surface area (Å²) in [4.78, 5) is 31.1. The number of aryl methyl sites for hydroxylation is 1. The molecular formula is C20H24N4O2S. The predicted octanol–water partition coefficient (Wildman–Crippen LogP) is 3.33. The van der Waals surface area contributed by atoms with Gasteiger partial charge in [0.05, 0.1) is 5.75 Å². The highest BCUT2D eigenvalue weighted by Gasteiger charge is 2.09. The van der Waals surface area contributed by atoms with Crippen LogP contribution in [-0.2, 0) is 11.2 Å². The number of carbonyl (C=O) groups is 1. The van der Waals surface area contributed by atoms with Gasteiger partial charge in [-0.05, 0) is 31.4 Å². The molecule has 0 bridgehead atoms. The van der Waals surface area contributed by atoms with Crippen molar-refractivity contribution in [3.8, 4) is 0 Å². The highest BCUT2D eigenvalue weighted by molar-refractivity contribution is 7.99. The topological polar surface area (TPSA) is 87.2 Å². The number of rotatable bonds is 9. The molecule has 1 heterocycles. The van der Waals surface area contributed by atoms with Crippen LogP contribution in [0, 0.1) is 6.92 Å². The average molecular weight is 385 g/mol. The van der Waals surface area contributed by atoms with E-state index in [0.717, 1.165) is 36.1 Å². The fraction of sp³-hybridized carbons (Fsp3) is 0.300. The summed E-state index contributed by atoms with van der Waals surface area (Å²) >= 11 is 1.18. The minimum Gasteiger partial charge on any atom is -0.301 e. The van der Waals surface area contributed by atoms with Crippen LogP contribution in [-0.4, -0.2) is 27.8 Å². The SMILES string of the molecule is CCCCc1c(C)nc(SCC(=O)N/N=C/C=C/c2ccccc2)[nH]c1=O. The van der Waals surface area contributed by atoms with Crippen LogP contribution in [0.1, 0.15) is 36.6 Å². The van der Waals surface area contributed by atoms with E-state index in [-0.39, 0.29) is 17.2 Å². The Hall–Kier alpha value is -2.67. The van der Waals surface area contributed by atoms with Gasteiger partial charge < -0.3 is 4.98 Å². The molecule has 1 amide bonds. The van der Waals surface area contributed by atoms with Crippen LogP contribution in [0.15, 0.2) is 51.5 Å². The lowest BCUT2D eigenvalue weighted by molar-refractivity contribution is -0.118. The number of unbranched alkanes of at least 4 members (excludes halogenated alkanes) is 1. The number of carbonyl (C=O) groups excluding carboxylic acids is 1. The van der Waals surface area contributed by atoms with Crippen LogP contribution in [0.4, 0.5) is 0 Å². The molecule has 1 aromatic heterocycles. The van der Waals surface area contributed by atoms with Gasteiger partial charge in [0, 0.05) is 17.5 Å². The third-order valence-corrected chi connectivity index (χ3v) is 4.63. The first-order valence-corrected chi connectivity index (χ1v) is 9.85. The number of aromatic nitrogens is 2. The zero-order valence-corrected chi connectivity index (χ0v) is 16.4. The summed E-state index contributed by atoms with van der Waals surface area (Å²) in [7, 11) is 0. The molecule has 7 heteroatoms. The van der Waals surface area contributed by atoms with E-state index < -0.39 is 0 Å². The third kappa shape index (κ3) is 7.22. The quantitative estimate of drug-likeness (QED) is 0.300. The van der Waals surface area contributed by atoms with Gasteiger partial charge >= 0.3 is 0 Å². The first-order valence-electron chi connectivity index (χ1n) is 8.86. The summed E-state index contributed by atoms with van der Waals surface area (Å²) in [6.45, 7) is 3.91. The van der Waals surface area contributed by atoms with Crippen molar-refractivity contribution in [3.63, 3.8) is 0 Å². The fourth-order valence-corrected chi connectivity index (χ4v) is 3.04. The Bertz CT molecular complexity index is 860. The highest BCUT2D eigenvalue weighted by Crippen LogP contribution is 2.13. The van der Waals surface area contributed by atoms with Gasteiger partial charge in [-0.3, -0.25) is 9.59 Å². The van der Waals surface area contributed by atoms with Crippen LogP contribution in [0.3, 0.4) is 0 Å². The van der Waals surface area contributed by atoms with E-state index in [1.165, 1.54) is 18.0 Å². The number of thioether (sulfide) groups is 1. The Labute approximate surface area is 163 Å². The number of hydrogen-bond donors (Lipinski definition) is 2. The van der Waals surface area contributed by atoms with Crippen molar-refractivity contribution >= 4 is 30.0 Å². The number of amides is 1. The monoisotopic (exact) mass is 384 g/mol. The number of benzene rings is 1. The van der Waals surface area contributed by atoms with E-state index in [9.17, 15) is 9.59 Å². The molecule has 1 aromatic carbocycles. The molecule has 2 aromatic rings. The molecule has 0 atom stereocenters. The number of hydrogen-bond acceptors (Lipinski definition) is 5. The van der Waals surface area contributed by atoms with Gasteiger partial charge in [0.15, 0.2) is 5.16 Å². The minimum atomic E-state index is -0.264.